The Morgan fingerprint density at radius 2 is 2.04 bits per heavy atom. The number of nitrogens with zero attached hydrogens (tertiary/aromatic N) is 3. The number of aryl methyl sites for hydroxylation is 2. The van der Waals surface area contributed by atoms with Gasteiger partial charge in [-0.25, -0.2) is 0 Å². The first-order chi connectivity index (χ1) is 12.1. The number of fused-ring (bicyclic) bond motifs is 2. The maximum absolute atomic E-state index is 13.2. The van der Waals surface area contributed by atoms with Crippen molar-refractivity contribution in [1.29, 1.82) is 0 Å². The van der Waals surface area contributed by atoms with Gasteiger partial charge < -0.3 is 10.2 Å². The summed E-state index contributed by atoms with van der Waals surface area (Å²) in [5.74, 6) is 0.186. The minimum atomic E-state index is 0.186. The van der Waals surface area contributed by atoms with E-state index in [1.165, 1.54) is 0 Å². The fourth-order valence-electron chi connectivity index (χ4n) is 4.27. The zero-order chi connectivity index (χ0) is 17.4. The smallest absolute Gasteiger partial charge is 0.254 e. The van der Waals surface area contributed by atoms with Gasteiger partial charge in [0.25, 0.3) is 5.91 Å². The molecule has 0 radical (unpaired) electrons. The highest BCUT2D eigenvalue weighted by Crippen LogP contribution is 2.29. The van der Waals surface area contributed by atoms with E-state index in [1.807, 2.05) is 29.8 Å². The Kier molecular flexibility index (Phi) is 4.34. The Balaban J connectivity index is 1.56. The number of aromatic nitrogens is 2. The molecule has 2 bridgehead atoms. The van der Waals surface area contributed by atoms with E-state index in [-0.39, 0.29) is 5.91 Å². The highest BCUT2D eigenvalue weighted by molar-refractivity contribution is 5.95. The van der Waals surface area contributed by atoms with Crippen LogP contribution in [0.2, 0.25) is 0 Å². The average Bonchev–Trinajstić information content (AvgIpc) is 3.04. The standard InChI is InChI=1S/C20H26N4O/c1-14-10-15(2)23(22-14)13-16-4-3-5-17(11-16)20(25)24-18-6-7-19(24)12-21-9-8-18/h3-5,10-11,18-19,21H,6-9,12-13H2,1-2H3. The van der Waals surface area contributed by atoms with Crippen molar-refractivity contribution in [2.45, 2.75) is 51.7 Å². The molecule has 2 aliphatic rings. The normalized spacial score (nSPS) is 22.9. The summed E-state index contributed by atoms with van der Waals surface area (Å²) in [4.78, 5) is 15.3. The van der Waals surface area contributed by atoms with Gasteiger partial charge in [0.2, 0.25) is 0 Å². The molecule has 2 saturated heterocycles. The zero-order valence-electron chi connectivity index (χ0n) is 15.0. The van der Waals surface area contributed by atoms with Crippen LogP contribution in [0.1, 0.15) is 46.6 Å². The van der Waals surface area contributed by atoms with E-state index in [1.54, 1.807) is 0 Å². The van der Waals surface area contributed by atoms with Crippen molar-refractivity contribution in [2.75, 3.05) is 13.1 Å². The zero-order valence-corrected chi connectivity index (χ0v) is 15.0. The van der Waals surface area contributed by atoms with Crippen LogP contribution in [0.5, 0.6) is 0 Å². The van der Waals surface area contributed by atoms with Gasteiger partial charge in [0.1, 0.15) is 0 Å². The number of rotatable bonds is 3. The Morgan fingerprint density at radius 3 is 2.84 bits per heavy atom. The second-order valence-corrected chi connectivity index (χ2v) is 7.38. The highest BCUT2D eigenvalue weighted by atomic mass is 16.2. The Hall–Kier alpha value is -2.14. The topological polar surface area (TPSA) is 50.2 Å². The molecular weight excluding hydrogens is 312 g/mol. The lowest BCUT2D eigenvalue weighted by Gasteiger charge is -2.28. The molecule has 1 amide bonds. The van der Waals surface area contributed by atoms with Crippen LogP contribution >= 0.6 is 0 Å². The minimum Gasteiger partial charge on any atom is -0.331 e. The number of hydrogen-bond donors (Lipinski definition) is 1. The maximum atomic E-state index is 13.2. The van der Waals surface area contributed by atoms with E-state index < -0.39 is 0 Å². The molecule has 0 saturated carbocycles. The first-order valence-corrected chi connectivity index (χ1v) is 9.25. The van der Waals surface area contributed by atoms with E-state index >= 15 is 0 Å². The van der Waals surface area contributed by atoms with Crippen molar-refractivity contribution in [3.63, 3.8) is 0 Å². The van der Waals surface area contributed by atoms with Crippen LogP contribution < -0.4 is 5.32 Å². The monoisotopic (exact) mass is 338 g/mol. The van der Waals surface area contributed by atoms with E-state index in [4.69, 9.17) is 0 Å². The summed E-state index contributed by atoms with van der Waals surface area (Å²) in [7, 11) is 0. The second-order valence-electron chi connectivity index (χ2n) is 7.38. The molecule has 2 aromatic rings. The third kappa shape index (κ3) is 3.21. The molecule has 5 nitrogen and oxygen atoms in total. The van der Waals surface area contributed by atoms with Gasteiger partial charge in [-0.1, -0.05) is 12.1 Å². The Labute approximate surface area is 149 Å². The van der Waals surface area contributed by atoms with Gasteiger partial charge >= 0.3 is 0 Å². The fraction of sp³-hybridized carbons (Fsp3) is 0.500. The number of hydrogen-bond acceptors (Lipinski definition) is 3. The van der Waals surface area contributed by atoms with Crippen molar-refractivity contribution in [1.82, 2.24) is 20.0 Å². The summed E-state index contributed by atoms with van der Waals surface area (Å²) in [6.45, 7) is 6.72. The first-order valence-electron chi connectivity index (χ1n) is 9.25. The van der Waals surface area contributed by atoms with Crippen LogP contribution in [-0.2, 0) is 6.54 Å². The van der Waals surface area contributed by atoms with Crippen LogP contribution in [-0.4, -0.2) is 45.8 Å². The third-order valence-corrected chi connectivity index (χ3v) is 5.50. The predicted octanol–water partition coefficient (Wildman–Crippen LogP) is 2.51. The molecule has 5 heteroatoms. The lowest BCUT2D eigenvalue weighted by atomic mass is 10.1. The number of nitrogens with one attached hydrogen (secondary N) is 1. The molecule has 4 rings (SSSR count). The van der Waals surface area contributed by atoms with Crippen LogP contribution in [0.15, 0.2) is 30.3 Å². The number of benzene rings is 1. The molecule has 1 N–H and O–H groups in total. The molecule has 2 unspecified atom stereocenters. The number of carbonyl (C=O) groups excluding carboxylic acids is 1. The highest BCUT2D eigenvalue weighted by Gasteiger charge is 2.38. The predicted molar refractivity (Wildman–Crippen MR) is 97.7 cm³/mol. The Bertz CT molecular complexity index is 768. The summed E-state index contributed by atoms with van der Waals surface area (Å²) >= 11 is 0. The molecular formula is C20H26N4O. The van der Waals surface area contributed by atoms with Crippen molar-refractivity contribution in [3.8, 4) is 0 Å². The number of amides is 1. The SMILES string of the molecule is Cc1cc(C)n(Cc2cccc(C(=O)N3C4CCNCC3CC4)c2)n1. The summed E-state index contributed by atoms with van der Waals surface area (Å²) in [5, 5.41) is 7.99. The molecule has 25 heavy (non-hydrogen) atoms. The largest absolute Gasteiger partial charge is 0.331 e. The summed E-state index contributed by atoms with van der Waals surface area (Å²) in [6, 6.07) is 10.9. The van der Waals surface area contributed by atoms with Gasteiger partial charge in [-0.3, -0.25) is 9.48 Å². The van der Waals surface area contributed by atoms with Crippen LogP contribution in [0.3, 0.4) is 0 Å². The van der Waals surface area contributed by atoms with E-state index in [0.717, 1.165) is 54.9 Å². The number of carbonyl (C=O) groups is 1. The molecule has 1 aromatic carbocycles. The van der Waals surface area contributed by atoms with Gasteiger partial charge in [-0.2, -0.15) is 5.10 Å². The lowest BCUT2D eigenvalue weighted by molar-refractivity contribution is 0.0680. The third-order valence-electron chi connectivity index (χ3n) is 5.50. The van der Waals surface area contributed by atoms with E-state index in [9.17, 15) is 4.79 Å². The van der Waals surface area contributed by atoms with Gasteiger partial charge in [0, 0.05) is 29.9 Å². The molecule has 1 aromatic heterocycles. The maximum Gasteiger partial charge on any atom is 0.254 e. The average molecular weight is 338 g/mol. The van der Waals surface area contributed by atoms with Gasteiger partial charge in [0.05, 0.1) is 12.2 Å². The van der Waals surface area contributed by atoms with Crippen molar-refractivity contribution >= 4 is 5.91 Å². The molecule has 132 valence electrons. The minimum absolute atomic E-state index is 0.186. The lowest BCUT2D eigenvalue weighted by Crippen LogP contribution is -2.42. The van der Waals surface area contributed by atoms with E-state index in [0.29, 0.717) is 18.6 Å². The Morgan fingerprint density at radius 1 is 1.20 bits per heavy atom. The summed E-state index contributed by atoms with van der Waals surface area (Å²) < 4.78 is 2.00. The molecule has 2 fully saturated rings. The fourth-order valence-corrected chi connectivity index (χ4v) is 4.27. The van der Waals surface area contributed by atoms with Gasteiger partial charge in [0.15, 0.2) is 0 Å². The molecule has 2 atom stereocenters. The van der Waals surface area contributed by atoms with Crippen LogP contribution in [0.25, 0.3) is 0 Å². The summed E-state index contributed by atoms with van der Waals surface area (Å²) in [5.41, 5.74) is 4.10. The van der Waals surface area contributed by atoms with Crippen molar-refractivity contribution in [2.24, 2.45) is 0 Å². The molecule has 0 aliphatic carbocycles. The molecule has 0 spiro atoms. The molecule has 3 heterocycles. The van der Waals surface area contributed by atoms with Gasteiger partial charge in [-0.15, -0.1) is 0 Å². The van der Waals surface area contributed by atoms with Gasteiger partial charge in [-0.05, 0) is 63.4 Å². The second kappa shape index (κ2) is 6.64. The van der Waals surface area contributed by atoms with E-state index in [2.05, 4.69) is 34.4 Å². The first kappa shape index (κ1) is 16.3. The van der Waals surface area contributed by atoms with Crippen LogP contribution in [0, 0.1) is 13.8 Å². The summed E-state index contributed by atoms with van der Waals surface area (Å²) in [6.07, 6.45) is 3.33. The van der Waals surface area contributed by atoms with Crippen molar-refractivity contribution in [3.05, 3.63) is 52.8 Å². The quantitative estimate of drug-likeness (QED) is 0.935. The van der Waals surface area contributed by atoms with Crippen molar-refractivity contribution < 1.29 is 4.79 Å². The molecule has 2 aliphatic heterocycles. The van der Waals surface area contributed by atoms with Crippen LogP contribution in [0.4, 0.5) is 0 Å².